The Labute approximate surface area is 153 Å². The Hall–Kier alpha value is -2.78. The minimum atomic E-state index is -4.50. The normalized spacial score (nSPS) is 17.1. The number of carbonyl (C=O) groups excluding carboxylic acids is 2. The zero-order chi connectivity index (χ0) is 20.0. The highest BCUT2D eigenvalue weighted by atomic mass is 19.4. The van der Waals surface area contributed by atoms with E-state index in [4.69, 9.17) is 9.84 Å². The van der Waals surface area contributed by atoms with E-state index in [9.17, 15) is 27.6 Å². The van der Waals surface area contributed by atoms with Crippen LogP contribution in [0.25, 0.3) is 0 Å². The summed E-state index contributed by atoms with van der Waals surface area (Å²) < 4.78 is 42.6. The van der Waals surface area contributed by atoms with E-state index in [1.807, 2.05) is 0 Å². The first kappa shape index (κ1) is 20.5. The van der Waals surface area contributed by atoms with Crippen LogP contribution in [-0.4, -0.2) is 53.7 Å². The molecule has 2 rings (SSSR count). The maximum absolute atomic E-state index is 12.4. The van der Waals surface area contributed by atoms with E-state index >= 15 is 0 Å². The van der Waals surface area contributed by atoms with E-state index in [1.165, 1.54) is 0 Å². The third kappa shape index (κ3) is 6.80. The number of benzene rings is 1. The number of anilines is 1. The van der Waals surface area contributed by atoms with Gasteiger partial charge in [0.15, 0.2) is 0 Å². The zero-order valence-electron chi connectivity index (χ0n) is 14.3. The predicted octanol–water partition coefficient (Wildman–Crippen LogP) is 2.28. The summed E-state index contributed by atoms with van der Waals surface area (Å²) >= 11 is 0. The molecule has 0 radical (unpaired) electrons. The number of ether oxygens (including phenoxy) is 1. The zero-order valence-corrected chi connectivity index (χ0v) is 14.3. The van der Waals surface area contributed by atoms with Gasteiger partial charge in [0.2, 0.25) is 11.8 Å². The minimum absolute atomic E-state index is 0.000391. The molecule has 1 fully saturated rings. The molecule has 1 saturated heterocycles. The summed E-state index contributed by atoms with van der Waals surface area (Å²) in [6, 6.07) is 6.25. The lowest BCUT2D eigenvalue weighted by atomic mass is 10.1. The van der Waals surface area contributed by atoms with Crippen molar-refractivity contribution < 1.29 is 37.4 Å². The van der Waals surface area contributed by atoms with Crippen molar-refractivity contribution in [2.45, 2.75) is 25.4 Å². The van der Waals surface area contributed by atoms with Gasteiger partial charge >= 0.3 is 12.1 Å². The SMILES string of the molecule is O=C(O)CCCOc1ccc(NC(=O)C2CC(=O)N(CC(F)(F)F)C2)cc1. The molecule has 1 aromatic rings. The van der Waals surface area contributed by atoms with Crippen molar-refractivity contribution in [2.24, 2.45) is 5.92 Å². The smallest absolute Gasteiger partial charge is 0.406 e. The summed E-state index contributed by atoms with van der Waals surface area (Å²) in [5.74, 6) is -2.48. The quantitative estimate of drug-likeness (QED) is 0.666. The van der Waals surface area contributed by atoms with Crippen molar-refractivity contribution in [1.82, 2.24) is 4.90 Å². The number of halogens is 3. The van der Waals surface area contributed by atoms with E-state index in [0.29, 0.717) is 22.8 Å². The predicted molar refractivity (Wildman–Crippen MR) is 88.2 cm³/mol. The van der Waals surface area contributed by atoms with Crippen molar-refractivity contribution in [3.63, 3.8) is 0 Å². The summed E-state index contributed by atoms with van der Waals surface area (Å²) in [6.45, 7) is -1.39. The van der Waals surface area contributed by atoms with Gasteiger partial charge in [0, 0.05) is 25.1 Å². The molecule has 1 atom stereocenters. The van der Waals surface area contributed by atoms with Crippen LogP contribution in [0, 0.1) is 5.92 Å². The molecule has 1 aromatic carbocycles. The Bertz CT molecular complexity index is 691. The first-order valence-electron chi connectivity index (χ1n) is 8.24. The maximum Gasteiger partial charge on any atom is 0.406 e. The van der Waals surface area contributed by atoms with Gasteiger partial charge in [0.05, 0.1) is 12.5 Å². The number of amides is 2. The first-order valence-corrected chi connectivity index (χ1v) is 8.24. The fourth-order valence-electron chi connectivity index (χ4n) is 2.61. The van der Waals surface area contributed by atoms with Crippen molar-refractivity contribution in [3.05, 3.63) is 24.3 Å². The summed E-state index contributed by atoms with van der Waals surface area (Å²) in [5.41, 5.74) is 0.416. The third-order valence-corrected chi connectivity index (χ3v) is 3.88. The maximum atomic E-state index is 12.4. The molecule has 7 nitrogen and oxygen atoms in total. The van der Waals surface area contributed by atoms with Crippen molar-refractivity contribution in [3.8, 4) is 5.75 Å². The second-order valence-corrected chi connectivity index (χ2v) is 6.15. The Morgan fingerprint density at radius 3 is 2.52 bits per heavy atom. The molecule has 1 unspecified atom stereocenters. The average molecular weight is 388 g/mol. The number of hydrogen-bond acceptors (Lipinski definition) is 4. The Balaban J connectivity index is 1.82. The van der Waals surface area contributed by atoms with Crippen LogP contribution in [0.5, 0.6) is 5.75 Å². The van der Waals surface area contributed by atoms with E-state index in [1.54, 1.807) is 24.3 Å². The van der Waals surface area contributed by atoms with E-state index in [0.717, 1.165) is 0 Å². The largest absolute Gasteiger partial charge is 0.494 e. The molecule has 2 amide bonds. The molecular formula is C17H19F3N2O5. The van der Waals surface area contributed by atoms with Crippen LogP contribution in [0.15, 0.2) is 24.3 Å². The molecule has 2 N–H and O–H groups in total. The highest BCUT2D eigenvalue weighted by Gasteiger charge is 2.40. The monoisotopic (exact) mass is 388 g/mol. The van der Waals surface area contributed by atoms with Gasteiger partial charge < -0.3 is 20.1 Å². The van der Waals surface area contributed by atoms with Gasteiger partial charge in [-0.15, -0.1) is 0 Å². The third-order valence-electron chi connectivity index (χ3n) is 3.88. The molecular weight excluding hydrogens is 369 g/mol. The van der Waals surface area contributed by atoms with E-state index < -0.39 is 36.4 Å². The molecule has 1 aliphatic rings. The summed E-state index contributed by atoms with van der Waals surface area (Å²) in [7, 11) is 0. The topological polar surface area (TPSA) is 95.9 Å². The highest BCUT2D eigenvalue weighted by molar-refractivity contribution is 5.97. The molecule has 10 heteroatoms. The summed E-state index contributed by atoms with van der Waals surface area (Å²) in [6.07, 6.45) is -4.40. The molecule has 0 bridgehead atoms. The van der Waals surface area contributed by atoms with Gasteiger partial charge in [-0.2, -0.15) is 13.2 Å². The molecule has 1 aliphatic heterocycles. The first-order chi connectivity index (χ1) is 12.6. The van der Waals surface area contributed by atoms with E-state index in [2.05, 4.69) is 5.32 Å². The summed E-state index contributed by atoms with van der Waals surface area (Å²) in [5, 5.41) is 11.1. The number of aliphatic carboxylic acids is 1. The van der Waals surface area contributed by atoms with Gasteiger partial charge in [-0.25, -0.2) is 0 Å². The fraction of sp³-hybridized carbons (Fsp3) is 0.471. The second kappa shape index (κ2) is 8.74. The Kier molecular flexibility index (Phi) is 6.65. The lowest BCUT2D eigenvalue weighted by Gasteiger charge is -2.18. The van der Waals surface area contributed by atoms with Gasteiger partial charge in [0.25, 0.3) is 0 Å². The van der Waals surface area contributed by atoms with Crippen molar-refractivity contribution >= 4 is 23.5 Å². The molecule has 1 heterocycles. The van der Waals surface area contributed by atoms with Crippen LogP contribution in [0.3, 0.4) is 0 Å². The number of alkyl halides is 3. The van der Waals surface area contributed by atoms with Crippen LogP contribution >= 0.6 is 0 Å². The van der Waals surface area contributed by atoms with Crippen LogP contribution in [0.1, 0.15) is 19.3 Å². The Morgan fingerprint density at radius 2 is 1.93 bits per heavy atom. The molecule has 0 aliphatic carbocycles. The molecule has 27 heavy (non-hydrogen) atoms. The Morgan fingerprint density at radius 1 is 1.26 bits per heavy atom. The lowest BCUT2D eigenvalue weighted by molar-refractivity contribution is -0.157. The molecule has 148 valence electrons. The highest BCUT2D eigenvalue weighted by Crippen LogP contribution is 2.25. The van der Waals surface area contributed by atoms with Crippen LogP contribution in [0.4, 0.5) is 18.9 Å². The van der Waals surface area contributed by atoms with Crippen LogP contribution < -0.4 is 10.1 Å². The van der Waals surface area contributed by atoms with Crippen molar-refractivity contribution in [2.75, 3.05) is 25.0 Å². The number of hydrogen-bond donors (Lipinski definition) is 2. The van der Waals surface area contributed by atoms with Gasteiger partial charge in [-0.05, 0) is 30.7 Å². The number of carboxylic acids is 1. The van der Waals surface area contributed by atoms with Crippen molar-refractivity contribution in [1.29, 1.82) is 0 Å². The number of nitrogens with one attached hydrogen (secondary N) is 1. The number of likely N-dealkylation sites (tertiary alicyclic amines) is 1. The number of nitrogens with zero attached hydrogens (tertiary/aromatic N) is 1. The number of carboxylic acid groups (broad SMARTS) is 1. The summed E-state index contributed by atoms with van der Waals surface area (Å²) in [4.78, 5) is 34.8. The van der Waals surface area contributed by atoms with Gasteiger partial charge in [-0.1, -0.05) is 0 Å². The van der Waals surface area contributed by atoms with Crippen LogP contribution in [0.2, 0.25) is 0 Å². The van der Waals surface area contributed by atoms with Gasteiger partial charge in [-0.3, -0.25) is 14.4 Å². The van der Waals surface area contributed by atoms with E-state index in [-0.39, 0.29) is 26.0 Å². The number of rotatable bonds is 8. The standard InChI is InChI=1S/C17H19F3N2O5/c18-17(19,20)10-22-9-11(8-14(22)23)16(26)21-12-3-5-13(6-4-12)27-7-1-2-15(24)25/h3-6,11H,1-2,7-10H2,(H,21,26)(H,24,25). The fourth-order valence-corrected chi connectivity index (χ4v) is 2.61. The minimum Gasteiger partial charge on any atom is -0.494 e. The average Bonchev–Trinajstić information content (AvgIpc) is 2.92. The number of carbonyl (C=O) groups is 3. The molecule has 0 spiro atoms. The van der Waals surface area contributed by atoms with Crippen LogP contribution in [-0.2, 0) is 14.4 Å². The second-order valence-electron chi connectivity index (χ2n) is 6.15. The lowest BCUT2D eigenvalue weighted by Crippen LogP contribution is -2.36. The molecule has 0 saturated carbocycles. The van der Waals surface area contributed by atoms with Gasteiger partial charge in [0.1, 0.15) is 12.3 Å². The molecule has 0 aromatic heterocycles.